The van der Waals surface area contributed by atoms with Crippen LogP contribution in [-0.2, 0) is 13.2 Å². The van der Waals surface area contributed by atoms with Gasteiger partial charge < -0.3 is 28.8 Å². The fraction of sp³-hybridized carbons (Fsp3) is 0.310. The second-order valence-electron chi connectivity index (χ2n) is 9.58. The van der Waals surface area contributed by atoms with Crippen LogP contribution in [0, 0.1) is 6.92 Å². The molecule has 3 aromatic carbocycles. The zero-order valence-corrected chi connectivity index (χ0v) is 24.9. The maximum absolute atomic E-state index is 11.6. The van der Waals surface area contributed by atoms with E-state index in [0.717, 1.165) is 32.6 Å². The van der Waals surface area contributed by atoms with Crippen LogP contribution in [-0.4, -0.2) is 29.2 Å². The summed E-state index contributed by atoms with van der Waals surface area (Å²) in [7, 11) is 1.63. The van der Waals surface area contributed by atoms with E-state index in [1.807, 2.05) is 43.3 Å². The van der Waals surface area contributed by atoms with Crippen molar-refractivity contribution in [2.45, 2.75) is 45.9 Å². The van der Waals surface area contributed by atoms with Crippen molar-refractivity contribution in [1.82, 2.24) is 9.72 Å². The van der Waals surface area contributed by atoms with E-state index in [9.17, 15) is 14.7 Å². The van der Waals surface area contributed by atoms with Gasteiger partial charge in [0.15, 0.2) is 5.69 Å². The second-order valence-corrected chi connectivity index (χ2v) is 9.58. The van der Waals surface area contributed by atoms with Crippen molar-refractivity contribution >= 4 is 0 Å². The first-order valence-electron chi connectivity index (χ1n) is 12.2. The second kappa shape index (κ2) is 13.2. The molecule has 1 heterocycles. The topological polar surface area (TPSA) is 114 Å². The molecule has 1 aromatic heterocycles. The maximum Gasteiger partial charge on any atom is 1.00 e. The van der Waals surface area contributed by atoms with E-state index in [-0.39, 0.29) is 36.1 Å². The molecule has 0 saturated carbocycles. The predicted octanol–water partition coefficient (Wildman–Crippen LogP) is 0.914. The van der Waals surface area contributed by atoms with Crippen molar-refractivity contribution in [3.8, 4) is 28.4 Å². The molecule has 0 unspecified atom stereocenters. The van der Waals surface area contributed by atoms with Crippen LogP contribution in [0.4, 0.5) is 0 Å². The van der Waals surface area contributed by atoms with Crippen molar-refractivity contribution in [2.75, 3.05) is 13.7 Å². The molecule has 0 bridgehead atoms. The normalized spacial score (nSPS) is 11.1. The molecule has 0 radical (unpaired) electrons. The number of ether oxygens (including phenoxy) is 3. The molecule has 0 aliphatic heterocycles. The van der Waals surface area contributed by atoms with Crippen molar-refractivity contribution in [1.29, 1.82) is 0 Å². The summed E-state index contributed by atoms with van der Waals surface area (Å²) in [6.45, 7) is 6.43. The summed E-state index contributed by atoms with van der Waals surface area (Å²) in [5, 5.41) is 9.90. The zero-order chi connectivity index (χ0) is 27.3. The number of benzene rings is 3. The van der Waals surface area contributed by atoms with Gasteiger partial charge in [0.1, 0.15) is 23.9 Å². The molecule has 1 N–H and O–H groups in total. The average Bonchev–Trinajstić information content (AvgIpc) is 3.19. The first-order chi connectivity index (χ1) is 18.1. The average molecular weight is 543 g/mol. The molecule has 0 saturated heterocycles. The Labute approximate surface area is 248 Å². The van der Waals surface area contributed by atoms with Gasteiger partial charge in [-0.25, -0.2) is 4.79 Å². The largest absolute Gasteiger partial charge is 1.00 e. The Morgan fingerprint density at radius 3 is 2.33 bits per heavy atom. The molecule has 39 heavy (non-hydrogen) atoms. The molecule has 4 aromatic rings. The van der Waals surface area contributed by atoms with Gasteiger partial charge in [-0.05, 0) is 67.3 Å². The summed E-state index contributed by atoms with van der Waals surface area (Å²) < 4.78 is 23.1. The van der Waals surface area contributed by atoms with Gasteiger partial charge in [-0.1, -0.05) is 30.3 Å². The van der Waals surface area contributed by atoms with E-state index >= 15 is 0 Å². The Bertz CT molecular complexity index is 1500. The Morgan fingerprint density at radius 2 is 1.69 bits per heavy atom. The number of aliphatic hydroxyl groups is 1. The number of hydrogen-bond acceptors (Lipinski definition) is 7. The standard InChI is InChI=1S/C29H32N2O7.Na/c1-19-21(18-37-22-10-8-20(9-11-22)17-31-27(32)30-28(33)38-31)6-5-7-24(19)25-13-12-23(16-26(25)35-4)36-15-14-29(2,3)34;/h5-13,16,34H,14-15,17-18H2,1-4H3,(H,30,32,33);/q;+1/p-1. The summed E-state index contributed by atoms with van der Waals surface area (Å²) in [5.41, 5.74) is 3.33. The summed E-state index contributed by atoms with van der Waals surface area (Å²) in [6, 6.07) is 19.0. The summed E-state index contributed by atoms with van der Waals surface area (Å²) in [4.78, 5) is 25.9. The van der Waals surface area contributed by atoms with Gasteiger partial charge in [0.2, 0.25) is 0 Å². The van der Waals surface area contributed by atoms with E-state index in [1.54, 1.807) is 45.2 Å². The van der Waals surface area contributed by atoms with E-state index in [0.29, 0.717) is 36.9 Å². The van der Waals surface area contributed by atoms with Crippen LogP contribution in [0.1, 0.15) is 37.0 Å². The van der Waals surface area contributed by atoms with E-state index < -0.39 is 17.0 Å². The number of rotatable bonds is 11. The smallest absolute Gasteiger partial charge is 0.496 e. The molecule has 0 fully saturated rings. The number of methoxy groups -OCH3 is 1. The van der Waals surface area contributed by atoms with Gasteiger partial charge in [0.25, 0.3) is 0 Å². The van der Waals surface area contributed by atoms with Crippen molar-refractivity contribution < 1.29 is 53.4 Å². The third kappa shape index (κ3) is 8.12. The third-order valence-corrected chi connectivity index (χ3v) is 6.12. The summed E-state index contributed by atoms with van der Waals surface area (Å²) >= 11 is 0. The van der Waals surface area contributed by atoms with Crippen LogP contribution in [0.3, 0.4) is 0 Å². The number of nitrogens with zero attached hydrogens (tertiary/aromatic N) is 2. The molecule has 0 spiro atoms. The molecule has 200 valence electrons. The first kappa shape index (κ1) is 30.3. The predicted molar refractivity (Wildman–Crippen MR) is 142 cm³/mol. The molecular weight excluding hydrogens is 511 g/mol. The van der Waals surface area contributed by atoms with Crippen molar-refractivity contribution in [2.24, 2.45) is 0 Å². The van der Waals surface area contributed by atoms with Gasteiger partial charge in [0, 0.05) is 24.6 Å². The Balaban J connectivity index is 0.00000420. The van der Waals surface area contributed by atoms with Crippen molar-refractivity contribution in [3.05, 3.63) is 98.4 Å². The molecular formula is C29H31N2NaO7. The first-order valence-corrected chi connectivity index (χ1v) is 12.2. The minimum Gasteiger partial charge on any atom is -0.496 e. The van der Waals surface area contributed by atoms with Gasteiger partial charge in [-0.2, -0.15) is 0 Å². The minimum absolute atomic E-state index is 0. The van der Waals surface area contributed by atoms with Gasteiger partial charge >= 0.3 is 35.3 Å². The van der Waals surface area contributed by atoms with Gasteiger partial charge in [-0.15, -0.1) is 0 Å². The van der Waals surface area contributed by atoms with Crippen LogP contribution in [0.15, 0.2) is 74.8 Å². The SMILES string of the molecule is COc1cc(OCCC(C)(C)O)ccc1-c1cccc(COc2ccc(Cn3oc(=O)[n-]c3=O)cc2)c1C.[Na+]. The quantitative estimate of drug-likeness (QED) is 0.278. The fourth-order valence-electron chi connectivity index (χ4n) is 3.94. The molecule has 0 amide bonds. The van der Waals surface area contributed by atoms with Crippen LogP contribution in [0.5, 0.6) is 17.2 Å². The molecule has 0 atom stereocenters. The summed E-state index contributed by atoms with van der Waals surface area (Å²) in [5.74, 6) is 1.13. The van der Waals surface area contributed by atoms with Crippen LogP contribution >= 0.6 is 0 Å². The van der Waals surface area contributed by atoms with Crippen molar-refractivity contribution in [3.63, 3.8) is 0 Å². The molecule has 0 aliphatic carbocycles. The number of aromatic nitrogens is 2. The Morgan fingerprint density at radius 1 is 0.974 bits per heavy atom. The zero-order valence-electron chi connectivity index (χ0n) is 22.9. The fourth-order valence-corrected chi connectivity index (χ4v) is 3.94. The van der Waals surface area contributed by atoms with Gasteiger partial charge in [-0.3, -0.25) is 9.53 Å². The van der Waals surface area contributed by atoms with E-state index in [2.05, 4.69) is 4.98 Å². The molecule has 4 rings (SSSR count). The monoisotopic (exact) mass is 542 g/mol. The van der Waals surface area contributed by atoms with Crippen LogP contribution < -0.4 is 60.2 Å². The maximum atomic E-state index is 11.6. The van der Waals surface area contributed by atoms with E-state index in [4.69, 9.17) is 18.7 Å². The Hall–Kier alpha value is -3.24. The third-order valence-electron chi connectivity index (χ3n) is 6.12. The molecule has 9 nitrogen and oxygen atoms in total. The molecule has 10 heteroatoms. The molecule has 0 aliphatic rings. The van der Waals surface area contributed by atoms with Crippen LogP contribution in [0.2, 0.25) is 0 Å². The van der Waals surface area contributed by atoms with E-state index in [1.165, 1.54) is 0 Å². The Kier molecular flexibility index (Phi) is 10.3. The minimum atomic E-state index is -0.906. The number of hydrogen-bond donors (Lipinski definition) is 1. The van der Waals surface area contributed by atoms with Crippen LogP contribution in [0.25, 0.3) is 11.1 Å². The summed E-state index contributed by atoms with van der Waals surface area (Å²) in [6.07, 6.45) is 0.519. The van der Waals surface area contributed by atoms with Gasteiger partial charge in [0.05, 0.1) is 19.3 Å².